The third kappa shape index (κ3) is 4.04. The molecule has 0 saturated carbocycles. The summed E-state index contributed by atoms with van der Waals surface area (Å²) in [4.78, 5) is 11.2. The van der Waals surface area contributed by atoms with Crippen molar-refractivity contribution < 1.29 is 21.9 Å². The van der Waals surface area contributed by atoms with E-state index in [-0.39, 0.29) is 17.5 Å². The smallest absolute Gasteiger partial charge is 0.329 e. The van der Waals surface area contributed by atoms with Crippen molar-refractivity contribution >= 4 is 9.73 Å². The summed E-state index contributed by atoms with van der Waals surface area (Å²) in [7, 11) is -2.75. The molecule has 0 saturated heterocycles. The van der Waals surface area contributed by atoms with Crippen molar-refractivity contribution in [3.05, 3.63) is 54.2 Å². The molecule has 0 radical (unpaired) electrons. The maximum absolute atomic E-state index is 12.5. The summed E-state index contributed by atoms with van der Waals surface area (Å²) in [6, 6.07) is 7.94. The van der Waals surface area contributed by atoms with Gasteiger partial charge in [-0.25, -0.2) is 18.5 Å². The van der Waals surface area contributed by atoms with Crippen molar-refractivity contribution in [3.63, 3.8) is 0 Å². The van der Waals surface area contributed by atoms with E-state index in [9.17, 15) is 17.4 Å². The molecule has 26 heavy (non-hydrogen) atoms. The van der Waals surface area contributed by atoms with E-state index < -0.39 is 21.8 Å². The number of halogens is 3. The van der Waals surface area contributed by atoms with Crippen LogP contribution in [0.4, 0.5) is 13.2 Å². The molecular weight excluding hydrogens is 371 g/mol. The van der Waals surface area contributed by atoms with Crippen LogP contribution in [0.2, 0.25) is 0 Å². The molecule has 0 aliphatic rings. The van der Waals surface area contributed by atoms with Crippen LogP contribution in [0.5, 0.6) is 0 Å². The van der Waals surface area contributed by atoms with Gasteiger partial charge in [0.2, 0.25) is 11.0 Å². The highest BCUT2D eigenvalue weighted by molar-refractivity contribution is 7.92. The molecule has 11 heteroatoms. The Bertz CT molecular complexity index is 1010. The van der Waals surface area contributed by atoms with Crippen LogP contribution in [0.25, 0.3) is 11.4 Å². The van der Waals surface area contributed by atoms with E-state index in [4.69, 9.17) is 0 Å². The minimum Gasteiger partial charge on any atom is -0.329 e. The zero-order chi connectivity index (χ0) is 18.8. The molecule has 2 aromatic heterocycles. The molecule has 0 fully saturated rings. The molecule has 0 spiro atoms. The zero-order valence-corrected chi connectivity index (χ0v) is 14.2. The second-order valence-electron chi connectivity index (χ2n) is 5.24. The van der Waals surface area contributed by atoms with Gasteiger partial charge in [0.15, 0.2) is 0 Å². The van der Waals surface area contributed by atoms with Crippen LogP contribution >= 0.6 is 0 Å². The van der Waals surface area contributed by atoms with E-state index in [1.54, 1.807) is 18.2 Å². The number of hydrogen-bond acceptors (Lipinski definition) is 7. The molecule has 1 unspecified atom stereocenters. The number of hydrogen-bond donors (Lipinski definition) is 0. The highest BCUT2D eigenvalue weighted by atomic mass is 32.2. The second kappa shape index (κ2) is 6.83. The van der Waals surface area contributed by atoms with E-state index in [0.29, 0.717) is 11.1 Å². The predicted octanol–water partition coefficient (Wildman–Crippen LogP) is 3.20. The monoisotopic (exact) mass is 383 g/mol. The molecule has 1 aromatic carbocycles. The summed E-state index contributed by atoms with van der Waals surface area (Å²) in [5.74, 6) is -1.57. The number of aromatic nitrogens is 4. The Hall–Kier alpha value is -2.82. The van der Waals surface area contributed by atoms with Crippen LogP contribution in [0.1, 0.15) is 11.5 Å². The molecule has 2 heterocycles. The van der Waals surface area contributed by atoms with E-state index in [1.807, 2.05) is 0 Å². The topological polar surface area (TPSA) is 94.1 Å². The molecule has 3 rings (SSSR count). The molecular formula is C15H12F3N5O2S. The second-order valence-corrected chi connectivity index (χ2v) is 7.47. The van der Waals surface area contributed by atoms with Gasteiger partial charge in [-0.1, -0.05) is 29.4 Å². The first-order valence-corrected chi connectivity index (χ1v) is 9.13. The number of benzene rings is 1. The maximum Gasteiger partial charge on any atom is 0.471 e. The Balaban J connectivity index is 1.77. The molecule has 7 nitrogen and oxygen atoms in total. The Labute approximate surface area is 146 Å². The lowest BCUT2D eigenvalue weighted by Gasteiger charge is -2.03. The average Bonchev–Trinajstić information content (AvgIpc) is 3.12. The highest BCUT2D eigenvalue weighted by Gasteiger charge is 2.38. The lowest BCUT2D eigenvalue weighted by atomic mass is 10.1. The lowest BCUT2D eigenvalue weighted by Crippen LogP contribution is -2.04. The van der Waals surface area contributed by atoms with Crippen LogP contribution in [0.3, 0.4) is 0 Å². The quantitative estimate of drug-likeness (QED) is 0.642. The summed E-state index contributed by atoms with van der Waals surface area (Å²) in [5.41, 5.74) is 1.07. The Morgan fingerprint density at radius 1 is 1.15 bits per heavy atom. The molecule has 1 atom stereocenters. The van der Waals surface area contributed by atoms with Crippen LogP contribution in [-0.2, 0) is 22.5 Å². The van der Waals surface area contributed by atoms with Gasteiger partial charge in [0.05, 0.1) is 6.54 Å². The van der Waals surface area contributed by atoms with Crippen LogP contribution in [0, 0.1) is 0 Å². The van der Waals surface area contributed by atoms with Gasteiger partial charge in [0.1, 0.15) is 9.73 Å². The standard InChI is InChI=1S/C15H12F3N5O2S/c1-26(24,14-19-7-2-8-20-14)21-9-10-3-5-11(6-4-10)12-22-13(25-23-12)15(16,17)18/h2-8H,9H2,1H3. The SMILES string of the molecule is CS(=O)(=NCc1ccc(-c2noc(C(F)(F)F)n2)cc1)c1ncccn1. The molecule has 3 aromatic rings. The summed E-state index contributed by atoms with van der Waals surface area (Å²) in [6.07, 6.45) is -0.286. The molecule has 0 bridgehead atoms. The Morgan fingerprint density at radius 2 is 1.81 bits per heavy atom. The van der Waals surface area contributed by atoms with E-state index in [1.165, 1.54) is 30.8 Å². The van der Waals surface area contributed by atoms with E-state index >= 15 is 0 Å². The van der Waals surface area contributed by atoms with Gasteiger partial charge >= 0.3 is 12.1 Å². The van der Waals surface area contributed by atoms with Crippen molar-refractivity contribution in [2.45, 2.75) is 17.9 Å². The van der Waals surface area contributed by atoms with E-state index in [0.717, 1.165) is 0 Å². The first-order valence-electron chi connectivity index (χ1n) is 7.21. The minimum absolute atomic E-state index is 0.133. The van der Waals surface area contributed by atoms with Crippen molar-refractivity contribution in [2.75, 3.05) is 6.26 Å². The molecule has 0 N–H and O–H groups in total. The first kappa shape index (κ1) is 18.0. The zero-order valence-electron chi connectivity index (χ0n) is 13.3. The minimum atomic E-state index is -4.69. The fourth-order valence-corrected chi connectivity index (χ4v) is 2.98. The summed E-state index contributed by atoms with van der Waals surface area (Å²) in [6.45, 7) is 0.133. The Kier molecular flexibility index (Phi) is 4.72. The largest absolute Gasteiger partial charge is 0.471 e. The highest BCUT2D eigenvalue weighted by Crippen LogP contribution is 2.29. The van der Waals surface area contributed by atoms with Crippen LogP contribution < -0.4 is 0 Å². The normalized spacial score (nSPS) is 14.0. The van der Waals surface area contributed by atoms with Crippen molar-refractivity contribution in [3.8, 4) is 11.4 Å². The summed E-state index contributed by atoms with van der Waals surface area (Å²) >= 11 is 0. The van der Waals surface area contributed by atoms with Crippen LogP contribution in [0.15, 0.2) is 56.8 Å². The first-order chi connectivity index (χ1) is 12.3. The average molecular weight is 383 g/mol. The summed E-state index contributed by atoms with van der Waals surface area (Å²) < 4.78 is 58.3. The summed E-state index contributed by atoms with van der Waals surface area (Å²) in [5, 5.41) is 3.46. The van der Waals surface area contributed by atoms with Crippen LogP contribution in [-0.4, -0.2) is 30.6 Å². The third-order valence-electron chi connectivity index (χ3n) is 3.25. The van der Waals surface area contributed by atoms with Gasteiger partial charge in [0.25, 0.3) is 0 Å². The molecule has 136 valence electrons. The molecule has 0 aliphatic carbocycles. The molecule has 0 aliphatic heterocycles. The third-order valence-corrected chi connectivity index (χ3v) is 4.77. The number of nitrogens with zero attached hydrogens (tertiary/aromatic N) is 5. The van der Waals surface area contributed by atoms with E-state index in [2.05, 4.69) is 29.0 Å². The number of rotatable bonds is 4. The van der Waals surface area contributed by atoms with Gasteiger partial charge in [-0.3, -0.25) is 0 Å². The Morgan fingerprint density at radius 3 is 2.38 bits per heavy atom. The van der Waals surface area contributed by atoms with Gasteiger partial charge in [-0.05, 0) is 11.6 Å². The van der Waals surface area contributed by atoms with Gasteiger partial charge in [-0.2, -0.15) is 18.2 Å². The maximum atomic E-state index is 12.5. The fraction of sp³-hybridized carbons (Fsp3) is 0.200. The van der Waals surface area contributed by atoms with Crippen molar-refractivity contribution in [1.82, 2.24) is 20.1 Å². The van der Waals surface area contributed by atoms with Crippen molar-refractivity contribution in [1.29, 1.82) is 0 Å². The van der Waals surface area contributed by atoms with Gasteiger partial charge in [-0.15, -0.1) is 0 Å². The van der Waals surface area contributed by atoms with Gasteiger partial charge < -0.3 is 4.52 Å². The lowest BCUT2D eigenvalue weighted by molar-refractivity contribution is -0.159. The van der Waals surface area contributed by atoms with Gasteiger partial charge in [0, 0.05) is 24.2 Å². The number of alkyl halides is 3. The molecule has 0 amide bonds. The fourth-order valence-electron chi connectivity index (χ4n) is 1.95. The predicted molar refractivity (Wildman–Crippen MR) is 85.2 cm³/mol. The van der Waals surface area contributed by atoms with Crippen molar-refractivity contribution in [2.24, 2.45) is 4.36 Å².